The second-order valence-electron chi connectivity index (χ2n) is 6.83. The summed E-state index contributed by atoms with van der Waals surface area (Å²) < 4.78 is 6.02. The van der Waals surface area contributed by atoms with Crippen LogP contribution in [0.2, 0.25) is 0 Å². The Morgan fingerprint density at radius 1 is 1.16 bits per heavy atom. The van der Waals surface area contributed by atoms with Crippen LogP contribution >= 0.6 is 0 Å². The van der Waals surface area contributed by atoms with E-state index >= 15 is 0 Å². The van der Waals surface area contributed by atoms with E-state index in [2.05, 4.69) is 36.5 Å². The van der Waals surface area contributed by atoms with E-state index < -0.39 is 0 Å². The van der Waals surface area contributed by atoms with Gasteiger partial charge >= 0.3 is 0 Å². The number of nitrogens with two attached hydrogens (primary N) is 1. The highest BCUT2D eigenvalue weighted by Crippen LogP contribution is 2.33. The summed E-state index contributed by atoms with van der Waals surface area (Å²) in [6, 6.07) is 15.9. The first-order valence-corrected chi connectivity index (χ1v) is 8.91. The average molecular weight is 338 g/mol. The zero-order valence-corrected chi connectivity index (χ0v) is 14.7. The zero-order chi connectivity index (χ0) is 17.6. The molecule has 1 amide bonds. The van der Waals surface area contributed by atoms with E-state index in [4.69, 9.17) is 10.5 Å². The molecule has 0 spiro atoms. The summed E-state index contributed by atoms with van der Waals surface area (Å²) in [6.45, 7) is 3.52. The maximum absolute atomic E-state index is 12.2. The number of anilines is 1. The fourth-order valence-electron chi connectivity index (χ4n) is 3.31. The summed E-state index contributed by atoms with van der Waals surface area (Å²) in [5.41, 5.74) is 9.81. The van der Waals surface area contributed by atoms with Gasteiger partial charge in [-0.05, 0) is 43.0 Å². The molecule has 3 rings (SSSR count). The highest BCUT2D eigenvalue weighted by atomic mass is 16.5. The van der Waals surface area contributed by atoms with Gasteiger partial charge in [-0.15, -0.1) is 0 Å². The first kappa shape index (κ1) is 17.5. The highest BCUT2D eigenvalue weighted by molar-refractivity contribution is 5.78. The lowest BCUT2D eigenvalue weighted by Crippen LogP contribution is -2.35. The van der Waals surface area contributed by atoms with Crippen molar-refractivity contribution in [2.24, 2.45) is 5.92 Å². The quantitative estimate of drug-likeness (QED) is 0.821. The molecule has 132 valence electrons. The molecule has 2 aromatic rings. The molecule has 4 nitrogen and oxygen atoms in total. The van der Waals surface area contributed by atoms with Crippen LogP contribution < -0.4 is 11.1 Å². The normalized spacial score (nSPS) is 20.2. The molecule has 2 atom stereocenters. The van der Waals surface area contributed by atoms with Crippen LogP contribution in [0.1, 0.15) is 35.6 Å². The van der Waals surface area contributed by atoms with E-state index in [1.807, 2.05) is 24.3 Å². The van der Waals surface area contributed by atoms with Crippen molar-refractivity contribution in [2.75, 3.05) is 18.9 Å². The van der Waals surface area contributed by atoms with E-state index in [9.17, 15) is 4.79 Å². The van der Waals surface area contributed by atoms with Gasteiger partial charge < -0.3 is 15.8 Å². The second-order valence-corrected chi connectivity index (χ2v) is 6.83. The van der Waals surface area contributed by atoms with E-state index in [0.717, 1.165) is 25.0 Å². The zero-order valence-electron chi connectivity index (χ0n) is 14.7. The molecule has 2 unspecified atom stereocenters. The molecule has 1 saturated heterocycles. The number of benzene rings is 2. The minimum atomic E-state index is 0.0398. The molecule has 0 radical (unpaired) electrons. The molecule has 1 fully saturated rings. The van der Waals surface area contributed by atoms with Crippen molar-refractivity contribution in [3.05, 3.63) is 65.2 Å². The number of hydrogen-bond acceptors (Lipinski definition) is 3. The number of carbonyl (C=O) groups excluding carboxylic acids is 1. The molecule has 1 heterocycles. The maximum atomic E-state index is 12.2. The lowest BCUT2D eigenvalue weighted by molar-refractivity contribution is -0.121. The van der Waals surface area contributed by atoms with Gasteiger partial charge in [0.15, 0.2) is 0 Å². The van der Waals surface area contributed by atoms with Crippen molar-refractivity contribution >= 4 is 11.6 Å². The van der Waals surface area contributed by atoms with E-state index in [-0.39, 0.29) is 12.0 Å². The summed E-state index contributed by atoms with van der Waals surface area (Å²) in [4.78, 5) is 12.2. The lowest BCUT2D eigenvalue weighted by Gasteiger charge is -2.32. The number of rotatable bonds is 5. The van der Waals surface area contributed by atoms with Gasteiger partial charge in [-0.25, -0.2) is 0 Å². The van der Waals surface area contributed by atoms with Gasteiger partial charge in [-0.3, -0.25) is 4.79 Å². The Kier molecular flexibility index (Phi) is 5.71. The summed E-state index contributed by atoms with van der Waals surface area (Å²) in [5.74, 6) is 0.352. The fraction of sp³-hybridized carbons (Fsp3) is 0.381. The molecule has 1 aliphatic rings. The van der Waals surface area contributed by atoms with Gasteiger partial charge in [0.1, 0.15) is 0 Å². The number of aryl methyl sites for hydroxylation is 1. The minimum absolute atomic E-state index is 0.0398. The summed E-state index contributed by atoms with van der Waals surface area (Å²) in [6.07, 6.45) is 2.55. The third-order valence-electron chi connectivity index (χ3n) is 4.76. The van der Waals surface area contributed by atoms with Crippen LogP contribution in [-0.2, 0) is 16.0 Å². The van der Waals surface area contributed by atoms with Crippen LogP contribution in [-0.4, -0.2) is 19.1 Å². The summed E-state index contributed by atoms with van der Waals surface area (Å²) in [7, 11) is 0. The third kappa shape index (κ3) is 4.83. The molecule has 0 aliphatic carbocycles. The first-order chi connectivity index (χ1) is 12.1. The number of ether oxygens (including phenoxy) is 1. The number of amides is 1. The Labute approximate surface area is 149 Å². The molecule has 1 aliphatic heterocycles. The van der Waals surface area contributed by atoms with Crippen LogP contribution in [0.5, 0.6) is 0 Å². The average Bonchev–Trinajstić information content (AvgIpc) is 2.63. The smallest absolute Gasteiger partial charge is 0.224 e. The Hall–Kier alpha value is -2.33. The largest absolute Gasteiger partial charge is 0.399 e. The number of carbonyl (C=O) groups is 1. The Morgan fingerprint density at radius 3 is 2.60 bits per heavy atom. The molecule has 4 heteroatoms. The molecule has 3 N–H and O–H groups in total. The topological polar surface area (TPSA) is 64.3 Å². The van der Waals surface area contributed by atoms with Crippen LogP contribution in [0.25, 0.3) is 0 Å². The van der Waals surface area contributed by atoms with Crippen molar-refractivity contribution in [1.29, 1.82) is 0 Å². The molecule has 0 saturated carbocycles. The fourth-order valence-corrected chi connectivity index (χ4v) is 3.31. The molecule has 0 bridgehead atoms. The minimum Gasteiger partial charge on any atom is -0.399 e. The first-order valence-electron chi connectivity index (χ1n) is 8.91. The standard InChI is InChI=1S/C21H26N2O2/c1-15-4-8-17(9-5-15)21-18(3-2-12-25-21)14-23-20(24)13-16-6-10-19(22)11-7-16/h4-11,18,21H,2-3,12-14,22H2,1H3,(H,23,24). The van der Waals surface area contributed by atoms with Crippen molar-refractivity contribution in [2.45, 2.75) is 32.3 Å². The Bertz CT molecular complexity index is 695. The van der Waals surface area contributed by atoms with Gasteiger partial charge in [0.2, 0.25) is 5.91 Å². The van der Waals surface area contributed by atoms with Crippen molar-refractivity contribution < 1.29 is 9.53 Å². The van der Waals surface area contributed by atoms with Gasteiger partial charge in [0.25, 0.3) is 0 Å². The predicted octanol–water partition coefficient (Wildman–Crippen LogP) is 3.40. The molecule has 2 aromatic carbocycles. The molecule has 25 heavy (non-hydrogen) atoms. The van der Waals surface area contributed by atoms with E-state index in [1.165, 1.54) is 11.1 Å². The number of nitrogen functional groups attached to an aromatic ring is 1. The van der Waals surface area contributed by atoms with Crippen molar-refractivity contribution in [3.8, 4) is 0 Å². The summed E-state index contributed by atoms with van der Waals surface area (Å²) in [5, 5.41) is 3.08. The van der Waals surface area contributed by atoms with E-state index in [0.29, 0.717) is 24.6 Å². The van der Waals surface area contributed by atoms with Crippen molar-refractivity contribution in [3.63, 3.8) is 0 Å². The van der Waals surface area contributed by atoms with Crippen LogP contribution in [0.3, 0.4) is 0 Å². The van der Waals surface area contributed by atoms with Crippen LogP contribution in [0.4, 0.5) is 5.69 Å². The lowest BCUT2D eigenvalue weighted by atomic mass is 9.89. The van der Waals surface area contributed by atoms with Crippen molar-refractivity contribution in [1.82, 2.24) is 5.32 Å². The SMILES string of the molecule is Cc1ccc(C2OCCCC2CNC(=O)Cc2ccc(N)cc2)cc1. The molecular weight excluding hydrogens is 312 g/mol. The summed E-state index contributed by atoms with van der Waals surface area (Å²) >= 11 is 0. The monoisotopic (exact) mass is 338 g/mol. The van der Waals surface area contributed by atoms with Gasteiger partial charge in [-0.1, -0.05) is 42.0 Å². The van der Waals surface area contributed by atoms with E-state index in [1.54, 1.807) is 0 Å². The number of hydrogen-bond donors (Lipinski definition) is 2. The Balaban J connectivity index is 1.57. The highest BCUT2D eigenvalue weighted by Gasteiger charge is 2.27. The Morgan fingerprint density at radius 2 is 1.88 bits per heavy atom. The third-order valence-corrected chi connectivity index (χ3v) is 4.76. The van der Waals surface area contributed by atoms with Crippen LogP contribution in [0.15, 0.2) is 48.5 Å². The molecular formula is C21H26N2O2. The van der Waals surface area contributed by atoms with Gasteiger partial charge in [0, 0.05) is 24.8 Å². The molecule has 0 aromatic heterocycles. The maximum Gasteiger partial charge on any atom is 0.224 e. The predicted molar refractivity (Wildman–Crippen MR) is 100 cm³/mol. The van der Waals surface area contributed by atoms with Gasteiger partial charge in [-0.2, -0.15) is 0 Å². The number of nitrogens with one attached hydrogen (secondary N) is 1. The second kappa shape index (κ2) is 8.17. The van der Waals surface area contributed by atoms with Gasteiger partial charge in [0.05, 0.1) is 12.5 Å². The van der Waals surface area contributed by atoms with Crippen LogP contribution in [0, 0.1) is 12.8 Å².